The Balaban J connectivity index is 2.34. The average molecular weight is 289 g/mol. The average Bonchev–Trinajstić information content (AvgIpc) is 2.57. The Morgan fingerprint density at radius 1 is 1.44 bits per heavy atom. The molecule has 2 N–H and O–H groups in total. The summed E-state index contributed by atoms with van der Waals surface area (Å²) in [5.41, 5.74) is 6.09. The van der Waals surface area contributed by atoms with Crippen molar-refractivity contribution < 1.29 is 8.42 Å². The number of piperidine rings is 1. The first-order chi connectivity index (χ1) is 8.32. The summed E-state index contributed by atoms with van der Waals surface area (Å²) in [5, 5.41) is 0.309. The predicted octanol–water partition coefficient (Wildman–Crippen LogP) is 1.84. The van der Waals surface area contributed by atoms with Crippen LogP contribution in [0.3, 0.4) is 0 Å². The highest BCUT2D eigenvalue weighted by atomic mass is 32.2. The summed E-state index contributed by atoms with van der Waals surface area (Å²) < 4.78 is 27.0. The van der Waals surface area contributed by atoms with Crippen LogP contribution < -0.4 is 5.73 Å². The Bertz CT molecular complexity index is 538. The number of aryl methyl sites for hydroxylation is 1. The predicted molar refractivity (Wildman–Crippen MR) is 73.0 cm³/mol. The van der Waals surface area contributed by atoms with Crippen LogP contribution in [0, 0.1) is 12.8 Å². The van der Waals surface area contributed by atoms with Crippen LogP contribution in [0.5, 0.6) is 0 Å². The first-order valence-electron chi connectivity index (χ1n) is 6.07. The molecule has 5 nitrogen and oxygen atoms in total. The highest BCUT2D eigenvalue weighted by Gasteiger charge is 2.35. The minimum absolute atomic E-state index is 0.0430. The van der Waals surface area contributed by atoms with E-state index in [2.05, 4.69) is 11.9 Å². The molecular formula is C11H19N3O2S2. The van der Waals surface area contributed by atoms with Gasteiger partial charge in [0.25, 0.3) is 10.0 Å². The number of hydrogen-bond acceptors (Lipinski definition) is 5. The lowest BCUT2D eigenvalue weighted by Crippen LogP contribution is -2.43. The van der Waals surface area contributed by atoms with Crippen LogP contribution in [0.4, 0.5) is 5.13 Å². The van der Waals surface area contributed by atoms with Crippen molar-refractivity contribution in [2.75, 3.05) is 12.3 Å². The number of nitrogen functional groups attached to an aromatic ring is 1. The number of rotatable bonds is 2. The van der Waals surface area contributed by atoms with Crippen molar-refractivity contribution in [3.8, 4) is 0 Å². The third-order valence-electron chi connectivity index (χ3n) is 3.39. The van der Waals surface area contributed by atoms with Crippen molar-refractivity contribution in [3.63, 3.8) is 0 Å². The van der Waals surface area contributed by atoms with Gasteiger partial charge in [-0.3, -0.25) is 0 Å². The quantitative estimate of drug-likeness (QED) is 0.901. The summed E-state index contributed by atoms with van der Waals surface area (Å²) in [6.45, 7) is 6.40. The van der Waals surface area contributed by atoms with Gasteiger partial charge in [-0.1, -0.05) is 18.3 Å². The van der Waals surface area contributed by atoms with E-state index in [1.165, 1.54) is 0 Å². The van der Waals surface area contributed by atoms with E-state index < -0.39 is 10.0 Å². The molecule has 7 heteroatoms. The van der Waals surface area contributed by atoms with Gasteiger partial charge in [0.05, 0.1) is 5.69 Å². The number of hydrogen-bond donors (Lipinski definition) is 1. The van der Waals surface area contributed by atoms with Crippen molar-refractivity contribution in [1.29, 1.82) is 0 Å². The maximum absolute atomic E-state index is 12.6. The van der Waals surface area contributed by atoms with Gasteiger partial charge >= 0.3 is 0 Å². The van der Waals surface area contributed by atoms with E-state index in [0.29, 0.717) is 27.5 Å². The molecular weight excluding hydrogens is 270 g/mol. The third-order valence-corrected chi connectivity index (χ3v) is 6.98. The van der Waals surface area contributed by atoms with Crippen molar-refractivity contribution in [2.24, 2.45) is 5.92 Å². The van der Waals surface area contributed by atoms with Crippen molar-refractivity contribution >= 4 is 26.5 Å². The molecule has 2 heterocycles. The zero-order chi connectivity index (χ0) is 13.5. The van der Waals surface area contributed by atoms with Crippen LogP contribution >= 0.6 is 11.3 Å². The Labute approximate surface area is 112 Å². The highest BCUT2D eigenvalue weighted by Crippen LogP contribution is 2.32. The maximum atomic E-state index is 12.6. The summed E-state index contributed by atoms with van der Waals surface area (Å²) in [5.74, 6) is 0.582. The van der Waals surface area contributed by atoms with Gasteiger partial charge in [-0.25, -0.2) is 13.4 Å². The first-order valence-corrected chi connectivity index (χ1v) is 8.32. The minimum atomic E-state index is -3.44. The molecule has 2 atom stereocenters. The topological polar surface area (TPSA) is 76.3 Å². The molecule has 102 valence electrons. The fraction of sp³-hybridized carbons (Fsp3) is 0.727. The molecule has 18 heavy (non-hydrogen) atoms. The number of sulfonamides is 1. The Morgan fingerprint density at radius 2 is 2.11 bits per heavy atom. The summed E-state index contributed by atoms with van der Waals surface area (Å²) in [7, 11) is -3.44. The van der Waals surface area contributed by atoms with Crippen LogP contribution in [0.25, 0.3) is 0 Å². The second-order valence-corrected chi connectivity index (χ2v) is 8.14. The molecule has 0 radical (unpaired) electrons. The lowest BCUT2D eigenvalue weighted by atomic mass is 9.95. The van der Waals surface area contributed by atoms with E-state index in [9.17, 15) is 8.42 Å². The Kier molecular flexibility index (Phi) is 3.66. The van der Waals surface area contributed by atoms with Gasteiger partial charge in [0.1, 0.15) is 0 Å². The molecule has 1 saturated heterocycles. The van der Waals surface area contributed by atoms with Gasteiger partial charge in [0, 0.05) is 12.6 Å². The number of nitrogens with zero attached hydrogens (tertiary/aromatic N) is 2. The van der Waals surface area contributed by atoms with Crippen LogP contribution in [-0.2, 0) is 10.0 Å². The highest BCUT2D eigenvalue weighted by molar-refractivity contribution is 7.91. The van der Waals surface area contributed by atoms with Gasteiger partial charge in [-0.05, 0) is 32.6 Å². The first kappa shape index (κ1) is 13.8. The van der Waals surface area contributed by atoms with Gasteiger partial charge in [-0.2, -0.15) is 4.31 Å². The lowest BCUT2D eigenvalue weighted by Gasteiger charge is -2.35. The summed E-state index contributed by atoms with van der Waals surface area (Å²) >= 11 is 1.05. The SMILES string of the molecule is Cc1nc(N)sc1S(=O)(=O)N1CCC(C)CC1C. The molecule has 0 saturated carbocycles. The van der Waals surface area contributed by atoms with Gasteiger partial charge in [0.2, 0.25) is 0 Å². The maximum Gasteiger partial charge on any atom is 0.254 e. The second kappa shape index (κ2) is 4.79. The van der Waals surface area contributed by atoms with Crippen LogP contribution in [0.1, 0.15) is 32.4 Å². The summed E-state index contributed by atoms with van der Waals surface area (Å²) in [6.07, 6.45) is 1.82. The number of anilines is 1. The molecule has 0 aliphatic carbocycles. The number of nitrogens with two attached hydrogens (primary N) is 1. The fourth-order valence-corrected chi connectivity index (χ4v) is 5.56. The van der Waals surface area contributed by atoms with E-state index in [-0.39, 0.29) is 6.04 Å². The number of thiazole rings is 1. The third kappa shape index (κ3) is 2.39. The molecule has 2 rings (SSSR count). The number of aromatic nitrogens is 1. The zero-order valence-electron chi connectivity index (χ0n) is 10.9. The molecule has 0 bridgehead atoms. The van der Waals surface area contributed by atoms with Crippen LogP contribution in [-0.4, -0.2) is 30.3 Å². The molecule has 1 aromatic rings. The van der Waals surface area contributed by atoms with Crippen LogP contribution in [0.2, 0.25) is 0 Å². The van der Waals surface area contributed by atoms with E-state index >= 15 is 0 Å². The van der Waals surface area contributed by atoms with Crippen molar-refractivity contribution in [2.45, 2.75) is 43.9 Å². The normalized spacial score (nSPS) is 26.4. The zero-order valence-corrected chi connectivity index (χ0v) is 12.5. The van der Waals surface area contributed by atoms with Gasteiger partial charge in [-0.15, -0.1) is 0 Å². The van der Waals surface area contributed by atoms with E-state index in [1.807, 2.05) is 6.92 Å². The van der Waals surface area contributed by atoms with Gasteiger partial charge in [0.15, 0.2) is 9.34 Å². The molecule has 1 fully saturated rings. The molecule has 0 aromatic carbocycles. The molecule has 1 aliphatic rings. The van der Waals surface area contributed by atoms with E-state index in [1.54, 1.807) is 11.2 Å². The summed E-state index contributed by atoms with van der Waals surface area (Å²) in [4.78, 5) is 4.00. The molecule has 2 unspecified atom stereocenters. The standard InChI is InChI=1S/C11H19N3O2S2/c1-7-4-5-14(8(2)6-7)18(15,16)10-9(3)13-11(12)17-10/h7-8H,4-6H2,1-3H3,(H2,12,13). The lowest BCUT2D eigenvalue weighted by molar-refractivity contribution is 0.220. The van der Waals surface area contributed by atoms with Crippen LogP contribution in [0.15, 0.2) is 4.21 Å². The minimum Gasteiger partial charge on any atom is -0.375 e. The second-order valence-electron chi connectivity index (χ2n) is 5.02. The Morgan fingerprint density at radius 3 is 2.61 bits per heavy atom. The molecule has 0 amide bonds. The molecule has 1 aliphatic heterocycles. The fourth-order valence-electron chi connectivity index (χ4n) is 2.49. The largest absolute Gasteiger partial charge is 0.375 e. The molecule has 0 spiro atoms. The van der Waals surface area contributed by atoms with Gasteiger partial charge < -0.3 is 5.73 Å². The van der Waals surface area contributed by atoms with E-state index in [4.69, 9.17) is 5.73 Å². The Hall–Kier alpha value is -0.660. The van der Waals surface area contributed by atoms with Crippen molar-refractivity contribution in [3.05, 3.63) is 5.69 Å². The van der Waals surface area contributed by atoms with E-state index in [0.717, 1.165) is 24.2 Å². The monoisotopic (exact) mass is 289 g/mol. The smallest absolute Gasteiger partial charge is 0.254 e. The van der Waals surface area contributed by atoms with Crippen molar-refractivity contribution in [1.82, 2.24) is 9.29 Å². The summed E-state index contributed by atoms with van der Waals surface area (Å²) in [6, 6.07) is 0.0430. The molecule has 1 aromatic heterocycles.